The highest BCUT2D eigenvalue weighted by molar-refractivity contribution is 7.15. The summed E-state index contributed by atoms with van der Waals surface area (Å²) >= 11 is 1.69. The van der Waals surface area contributed by atoms with Crippen LogP contribution in [-0.4, -0.2) is 29.5 Å². The third-order valence-electron chi connectivity index (χ3n) is 3.84. The Balaban J connectivity index is 1.91. The molecule has 1 aliphatic carbocycles. The molecule has 1 aromatic rings. The number of likely N-dealkylation sites (tertiary alicyclic amines) is 1. The minimum Gasteiger partial charge on any atom is -0.375 e. The molecule has 0 spiro atoms. The Morgan fingerprint density at radius 3 is 3.20 bits per heavy atom. The van der Waals surface area contributed by atoms with Crippen LogP contribution in [0.25, 0.3) is 0 Å². The molecule has 0 radical (unpaired) electrons. The molecule has 1 aliphatic heterocycles. The van der Waals surface area contributed by atoms with Crippen LogP contribution in [0.4, 0.5) is 5.13 Å². The number of rotatable bonds is 0. The first-order valence-corrected chi connectivity index (χ1v) is 6.50. The molecule has 82 valence electrons. The van der Waals surface area contributed by atoms with Gasteiger partial charge < -0.3 is 10.6 Å². The van der Waals surface area contributed by atoms with Crippen molar-refractivity contribution < 1.29 is 0 Å². The number of anilines is 1. The zero-order chi connectivity index (χ0) is 10.4. The summed E-state index contributed by atoms with van der Waals surface area (Å²) in [5.74, 6) is 0.817. The van der Waals surface area contributed by atoms with Gasteiger partial charge in [-0.15, -0.1) is 11.3 Å². The van der Waals surface area contributed by atoms with Crippen LogP contribution in [0.5, 0.6) is 0 Å². The SMILES string of the molecule is CN1CCCC2Cc3nc(N)sc3CC21. The van der Waals surface area contributed by atoms with Crippen LogP contribution < -0.4 is 5.73 Å². The molecule has 15 heavy (non-hydrogen) atoms. The van der Waals surface area contributed by atoms with Gasteiger partial charge in [0.1, 0.15) is 0 Å². The Bertz CT molecular complexity index is 374. The number of nitrogens with two attached hydrogens (primary N) is 1. The van der Waals surface area contributed by atoms with E-state index in [0.29, 0.717) is 0 Å². The second-order valence-corrected chi connectivity index (χ2v) is 5.90. The Morgan fingerprint density at radius 1 is 1.47 bits per heavy atom. The van der Waals surface area contributed by atoms with Gasteiger partial charge in [0.2, 0.25) is 0 Å². The molecular weight excluding hydrogens is 206 g/mol. The topological polar surface area (TPSA) is 42.2 Å². The molecule has 4 heteroatoms. The van der Waals surface area contributed by atoms with Crippen molar-refractivity contribution in [1.29, 1.82) is 0 Å². The molecule has 2 unspecified atom stereocenters. The highest BCUT2D eigenvalue weighted by Gasteiger charge is 2.35. The van der Waals surface area contributed by atoms with E-state index >= 15 is 0 Å². The minimum absolute atomic E-state index is 0.742. The van der Waals surface area contributed by atoms with Crippen LogP contribution in [0.2, 0.25) is 0 Å². The Morgan fingerprint density at radius 2 is 2.33 bits per heavy atom. The number of nitrogen functional groups attached to an aromatic ring is 1. The molecule has 3 nitrogen and oxygen atoms in total. The number of hydrogen-bond donors (Lipinski definition) is 1. The molecule has 3 rings (SSSR count). The maximum absolute atomic E-state index is 5.78. The number of hydrogen-bond acceptors (Lipinski definition) is 4. The lowest BCUT2D eigenvalue weighted by atomic mass is 9.80. The van der Waals surface area contributed by atoms with Gasteiger partial charge in [0.15, 0.2) is 5.13 Å². The normalized spacial score (nSPS) is 31.0. The summed E-state index contributed by atoms with van der Waals surface area (Å²) in [7, 11) is 2.26. The lowest BCUT2D eigenvalue weighted by Crippen LogP contribution is -2.46. The standard InChI is InChI=1S/C11H17N3S/c1-14-4-2-3-7-5-8-10(6-9(7)14)15-11(12)13-8/h7,9H,2-6H2,1H3,(H2,12,13). The van der Waals surface area contributed by atoms with Crippen molar-refractivity contribution >= 4 is 16.5 Å². The van der Waals surface area contributed by atoms with Crippen molar-refractivity contribution in [2.24, 2.45) is 5.92 Å². The molecule has 0 amide bonds. The second-order valence-electron chi connectivity index (χ2n) is 4.78. The first kappa shape index (κ1) is 9.60. The molecule has 2 heterocycles. The third-order valence-corrected chi connectivity index (χ3v) is 4.79. The summed E-state index contributed by atoms with van der Waals surface area (Å²) in [6.07, 6.45) is 5.03. The van der Waals surface area contributed by atoms with Crippen LogP contribution in [0.15, 0.2) is 0 Å². The van der Waals surface area contributed by atoms with Gasteiger partial charge >= 0.3 is 0 Å². The second kappa shape index (κ2) is 3.46. The Kier molecular flexibility index (Phi) is 2.21. The molecule has 2 atom stereocenters. The van der Waals surface area contributed by atoms with Crippen LogP contribution in [-0.2, 0) is 12.8 Å². The molecule has 2 N–H and O–H groups in total. The largest absolute Gasteiger partial charge is 0.375 e. The molecule has 1 fully saturated rings. The van der Waals surface area contributed by atoms with E-state index in [9.17, 15) is 0 Å². The summed E-state index contributed by atoms with van der Waals surface area (Å²) in [5.41, 5.74) is 7.06. The summed E-state index contributed by atoms with van der Waals surface area (Å²) < 4.78 is 0. The van der Waals surface area contributed by atoms with Crippen molar-refractivity contribution in [1.82, 2.24) is 9.88 Å². The van der Waals surface area contributed by atoms with Gasteiger partial charge in [0.25, 0.3) is 0 Å². The van der Waals surface area contributed by atoms with Crippen molar-refractivity contribution in [3.63, 3.8) is 0 Å². The lowest BCUT2D eigenvalue weighted by molar-refractivity contribution is 0.112. The van der Waals surface area contributed by atoms with Crippen LogP contribution in [0.3, 0.4) is 0 Å². The van der Waals surface area contributed by atoms with Gasteiger partial charge in [0, 0.05) is 10.9 Å². The van der Waals surface area contributed by atoms with E-state index in [2.05, 4.69) is 16.9 Å². The quantitative estimate of drug-likeness (QED) is 0.725. The molecular formula is C11H17N3S. The number of thiazole rings is 1. The molecule has 0 aromatic carbocycles. The third kappa shape index (κ3) is 1.56. The lowest BCUT2D eigenvalue weighted by Gasteiger charge is -2.41. The fraction of sp³-hybridized carbons (Fsp3) is 0.727. The van der Waals surface area contributed by atoms with E-state index in [1.807, 2.05) is 0 Å². The average Bonchev–Trinajstić information content (AvgIpc) is 2.55. The van der Waals surface area contributed by atoms with Gasteiger partial charge in [0.05, 0.1) is 5.69 Å². The van der Waals surface area contributed by atoms with Crippen molar-refractivity contribution in [2.75, 3.05) is 19.3 Å². The van der Waals surface area contributed by atoms with E-state index in [4.69, 9.17) is 5.73 Å². The Hall–Kier alpha value is -0.610. The maximum atomic E-state index is 5.78. The summed E-state index contributed by atoms with van der Waals surface area (Å²) in [6.45, 7) is 1.25. The first-order valence-electron chi connectivity index (χ1n) is 5.68. The first-order chi connectivity index (χ1) is 7.24. The van der Waals surface area contributed by atoms with Crippen molar-refractivity contribution in [3.8, 4) is 0 Å². The predicted octanol–water partition coefficient (Wildman–Crippen LogP) is 1.53. The van der Waals surface area contributed by atoms with Crippen molar-refractivity contribution in [3.05, 3.63) is 10.6 Å². The minimum atomic E-state index is 0.742. The van der Waals surface area contributed by atoms with E-state index in [1.165, 1.54) is 36.4 Å². The predicted molar refractivity (Wildman–Crippen MR) is 63.1 cm³/mol. The summed E-state index contributed by atoms with van der Waals surface area (Å²) in [6, 6.07) is 0.742. The highest BCUT2D eigenvalue weighted by Crippen LogP contribution is 2.36. The van der Waals surface area contributed by atoms with E-state index in [1.54, 1.807) is 11.3 Å². The van der Waals surface area contributed by atoms with Gasteiger partial charge in [-0.1, -0.05) is 0 Å². The maximum Gasteiger partial charge on any atom is 0.180 e. The van der Waals surface area contributed by atoms with Crippen LogP contribution in [0.1, 0.15) is 23.4 Å². The molecule has 1 aromatic heterocycles. The van der Waals surface area contributed by atoms with Gasteiger partial charge in [-0.2, -0.15) is 0 Å². The zero-order valence-electron chi connectivity index (χ0n) is 9.07. The molecule has 0 bridgehead atoms. The van der Waals surface area contributed by atoms with E-state index in [0.717, 1.165) is 23.5 Å². The van der Waals surface area contributed by atoms with Crippen LogP contribution in [0, 0.1) is 5.92 Å². The zero-order valence-corrected chi connectivity index (χ0v) is 9.89. The smallest absolute Gasteiger partial charge is 0.180 e. The fourth-order valence-electron chi connectivity index (χ4n) is 3.04. The number of nitrogens with zero attached hydrogens (tertiary/aromatic N) is 2. The summed E-state index contributed by atoms with van der Waals surface area (Å²) in [4.78, 5) is 8.40. The van der Waals surface area contributed by atoms with Gasteiger partial charge in [-0.25, -0.2) is 4.98 Å². The van der Waals surface area contributed by atoms with Crippen LogP contribution >= 0.6 is 11.3 Å². The average molecular weight is 223 g/mol. The number of likely N-dealkylation sites (N-methyl/N-ethyl adjacent to an activating group) is 1. The molecule has 2 aliphatic rings. The monoisotopic (exact) mass is 223 g/mol. The number of fused-ring (bicyclic) bond motifs is 2. The van der Waals surface area contributed by atoms with Gasteiger partial charge in [-0.05, 0) is 45.2 Å². The summed E-state index contributed by atoms with van der Waals surface area (Å²) in [5, 5.41) is 0.751. The Labute approximate surface area is 94.3 Å². The number of piperidine rings is 1. The number of aromatic nitrogens is 1. The van der Waals surface area contributed by atoms with E-state index in [-0.39, 0.29) is 0 Å². The fourth-order valence-corrected chi connectivity index (χ4v) is 3.95. The van der Waals surface area contributed by atoms with Crippen molar-refractivity contribution in [2.45, 2.75) is 31.7 Å². The van der Waals surface area contributed by atoms with Gasteiger partial charge in [-0.3, -0.25) is 0 Å². The highest BCUT2D eigenvalue weighted by atomic mass is 32.1. The molecule has 0 saturated carbocycles. The molecule has 1 saturated heterocycles. The van der Waals surface area contributed by atoms with E-state index < -0.39 is 0 Å².